The number of anilines is 6. The molecule has 438 valence electrons. The van der Waals surface area contributed by atoms with E-state index in [9.17, 15) is 0 Å². The number of hydrogen-bond donors (Lipinski definition) is 0. The van der Waals surface area contributed by atoms with Crippen LogP contribution in [0.4, 0.5) is 34.1 Å². The molecule has 10 heteroatoms. The van der Waals surface area contributed by atoms with Crippen LogP contribution in [0.3, 0.4) is 0 Å². The van der Waals surface area contributed by atoms with Crippen LogP contribution in [0, 0.1) is 0 Å². The molecule has 2 aliphatic rings. The molecule has 0 N–H and O–H groups in total. The number of rotatable bonds is 11. The fraction of sp³-hybridized carbons (Fsp3) is 0. The van der Waals surface area contributed by atoms with E-state index in [-0.39, 0.29) is 6.71 Å². The van der Waals surface area contributed by atoms with Crippen LogP contribution in [-0.2, 0) is 0 Å². The van der Waals surface area contributed by atoms with Gasteiger partial charge in [-0.3, -0.25) is 0 Å². The first-order valence-electron chi connectivity index (χ1n) is 31.7. The van der Waals surface area contributed by atoms with Crippen LogP contribution in [-0.4, -0.2) is 41.2 Å². The van der Waals surface area contributed by atoms with Crippen molar-refractivity contribution in [3.8, 4) is 96.3 Å². The minimum Gasteiger partial charge on any atom is -0.311 e. The molecule has 2 aliphatic heterocycles. The third-order valence-electron chi connectivity index (χ3n) is 18.3. The third-order valence-corrected chi connectivity index (χ3v) is 18.3. The molecular formula is C84H54BN9. The summed E-state index contributed by atoms with van der Waals surface area (Å²) in [6, 6.07) is 116. The van der Waals surface area contributed by atoms with E-state index in [1.807, 2.05) is 78.9 Å². The van der Waals surface area contributed by atoms with Crippen LogP contribution in [0.15, 0.2) is 328 Å². The summed E-state index contributed by atoms with van der Waals surface area (Å²) in [5.41, 5.74) is 23.0. The monoisotopic (exact) mass is 1200 g/mol. The molecule has 5 heterocycles. The van der Waals surface area contributed by atoms with Crippen molar-refractivity contribution >= 4 is 79.0 Å². The van der Waals surface area contributed by atoms with Gasteiger partial charge in [0.05, 0.1) is 16.7 Å². The summed E-state index contributed by atoms with van der Waals surface area (Å²) in [7, 11) is 0. The fourth-order valence-electron chi connectivity index (χ4n) is 14.0. The van der Waals surface area contributed by atoms with Crippen molar-refractivity contribution in [3.63, 3.8) is 0 Å². The molecule has 0 bridgehead atoms. The third kappa shape index (κ3) is 9.34. The van der Waals surface area contributed by atoms with Crippen molar-refractivity contribution in [1.29, 1.82) is 0 Å². The maximum Gasteiger partial charge on any atom is 0.252 e. The maximum absolute atomic E-state index is 5.58. The Balaban J connectivity index is 0.836. The maximum atomic E-state index is 5.58. The Morgan fingerprint density at radius 3 is 1.12 bits per heavy atom. The van der Waals surface area contributed by atoms with Crippen LogP contribution >= 0.6 is 0 Å². The van der Waals surface area contributed by atoms with Crippen molar-refractivity contribution in [1.82, 2.24) is 34.5 Å². The number of nitrogens with zero attached hydrogens (tertiary/aromatic N) is 9. The Morgan fingerprint density at radius 1 is 0.223 bits per heavy atom. The van der Waals surface area contributed by atoms with E-state index in [4.69, 9.17) is 29.9 Å². The lowest BCUT2D eigenvalue weighted by molar-refractivity contribution is 1.06. The fourth-order valence-corrected chi connectivity index (χ4v) is 14.0. The van der Waals surface area contributed by atoms with Crippen molar-refractivity contribution in [2.45, 2.75) is 0 Å². The minimum atomic E-state index is 0.00464. The Bertz CT molecular complexity index is 5390. The lowest BCUT2D eigenvalue weighted by atomic mass is 9.33. The molecule has 0 aliphatic carbocycles. The van der Waals surface area contributed by atoms with Crippen LogP contribution in [0.2, 0.25) is 0 Å². The second-order valence-corrected chi connectivity index (χ2v) is 23.8. The SMILES string of the molecule is c1ccc(-c2ccc3c(c2)c2ccccc2n3-c2ccc(-c3nc(-c4ccccc4)nc(-c4ccccc4)n3)cc2-c2nc(-c3ccccc3)nc(-c3ccc(-c4cc5c6c(c4)N(c4ccccc4)c4ccccc4B6c4ccccc4N5c4ccccc4)cc3)n2)cc1. The van der Waals surface area contributed by atoms with Gasteiger partial charge in [-0.05, 0) is 124 Å². The first-order chi connectivity index (χ1) is 46.6. The molecule has 18 rings (SSSR count). The van der Waals surface area contributed by atoms with Gasteiger partial charge in [-0.15, -0.1) is 0 Å². The van der Waals surface area contributed by atoms with Crippen LogP contribution < -0.4 is 26.2 Å². The number of hydrogen-bond acceptors (Lipinski definition) is 8. The Hall–Kier alpha value is -12.7. The Morgan fingerprint density at radius 2 is 0.596 bits per heavy atom. The molecule has 16 aromatic rings. The lowest BCUT2D eigenvalue weighted by Crippen LogP contribution is -2.61. The molecule has 0 radical (unpaired) electrons. The normalized spacial score (nSPS) is 12.2. The largest absolute Gasteiger partial charge is 0.311 e. The molecule has 0 atom stereocenters. The smallest absolute Gasteiger partial charge is 0.252 e. The molecular weight excluding hydrogens is 1150 g/mol. The molecule has 94 heavy (non-hydrogen) atoms. The van der Waals surface area contributed by atoms with Gasteiger partial charge < -0.3 is 14.4 Å². The summed E-state index contributed by atoms with van der Waals surface area (Å²) in [5, 5.41) is 2.26. The number of benzene rings is 13. The first kappa shape index (κ1) is 54.3. The average Bonchev–Trinajstić information content (AvgIpc) is 0.836. The molecule has 0 unspecified atom stereocenters. The van der Waals surface area contributed by atoms with Gasteiger partial charge in [0.15, 0.2) is 34.9 Å². The summed E-state index contributed by atoms with van der Waals surface area (Å²) >= 11 is 0. The first-order valence-corrected chi connectivity index (χ1v) is 31.7. The van der Waals surface area contributed by atoms with Crippen molar-refractivity contribution in [2.24, 2.45) is 0 Å². The summed E-state index contributed by atoms with van der Waals surface area (Å²) < 4.78 is 2.35. The van der Waals surface area contributed by atoms with E-state index in [0.717, 1.165) is 106 Å². The zero-order chi connectivity index (χ0) is 62.1. The summed E-state index contributed by atoms with van der Waals surface area (Å²) in [6.07, 6.45) is 0. The highest BCUT2D eigenvalue weighted by molar-refractivity contribution is 7.00. The van der Waals surface area contributed by atoms with Gasteiger partial charge in [0.2, 0.25) is 0 Å². The highest BCUT2D eigenvalue weighted by atomic mass is 15.2. The van der Waals surface area contributed by atoms with Gasteiger partial charge in [-0.25, -0.2) is 29.9 Å². The Labute approximate surface area is 544 Å². The summed E-state index contributed by atoms with van der Waals surface area (Å²) in [6.45, 7) is 0.00464. The van der Waals surface area contributed by atoms with E-state index in [1.165, 1.54) is 27.8 Å². The molecule has 0 spiro atoms. The second kappa shape index (κ2) is 22.7. The number of fused-ring (bicyclic) bond motifs is 7. The molecule has 0 saturated carbocycles. The molecule has 0 fully saturated rings. The van der Waals surface area contributed by atoms with Crippen molar-refractivity contribution in [2.75, 3.05) is 9.80 Å². The van der Waals surface area contributed by atoms with Crippen LogP contribution in [0.1, 0.15) is 0 Å². The summed E-state index contributed by atoms with van der Waals surface area (Å²) in [4.78, 5) is 36.9. The number of aromatic nitrogens is 7. The zero-order valence-electron chi connectivity index (χ0n) is 50.8. The Kier molecular flexibility index (Phi) is 13.1. The van der Waals surface area contributed by atoms with Gasteiger partial charge in [0.25, 0.3) is 6.71 Å². The highest BCUT2D eigenvalue weighted by Crippen LogP contribution is 2.47. The minimum absolute atomic E-state index is 0.00464. The van der Waals surface area contributed by atoms with E-state index >= 15 is 0 Å². The predicted molar refractivity (Wildman–Crippen MR) is 385 cm³/mol. The van der Waals surface area contributed by atoms with Crippen molar-refractivity contribution < 1.29 is 0 Å². The topological polar surface area (TPSA) is 88.7 Å². The van der Waals surface area contributed by atoms with E-state index in [0.29, 0.717) is 34.9 Å². The average molecular weight is 1200 g/mol. The zero-order valence-corrected chi connectivity index (χ0v) is 50.8. The molecule has 0 saturated heterocycles. The second-order valence-electron chi connectivity index (χ2n) is 23.8. The molecule has 9 nitrogen and oxygen atoms in total. The van der Waals surface area contributed by atoms with Gasteiger partial charge in [0.1, 0.15) is 0 Å². The van der Waals surface area contributed by atoms with Crippen LogP contribution in [0.25, 0.3) is 118 Å². The predicted octanol–water partition coefficient (Wildman–Crippen LogP) is 18.6. The van der Waals surface area contributed by atoms with Gasteiger partial charge in [-0.2, -0.15) is 0 Å². The summed E-state index contributed by atoms with van der Waals surface area (Å²) in [5.74, 6) is 3.22. The number of para-hydroxylation sites is 5. The van der Waals surface area contributed by atoms with Gasteiger partial charge in [-0.1, -0.05) is 243 Å². The molecule has 0 amide bonds. The molecule has 13 aromatic carbocycles. The highest BCUT2D eigenvalue weighted by Gasteiger charge is 2.43. The van der Waals surface area contributed by atoms with E-state index in [1.54, 1.807) is 0 Å². The van der Waals surface area contributed by atoms with Gasteiger partial charge in [0, 0.05) is 78.3 Å². The van der Waals surface area contributed by atoms with E-state index in [2.05, 4.69) is 263 Å². The van der Waals surface area contributed by atoms with Gasteiger partial charge >= 0.3 is 0 Å². The standard InChI is InChI=1S/C84H54BN9/c1-7-25-55(26-8-1)61-47-49-72-67(51-61)66-37-19-22-40-71(66)94(72)73-50-48-62(83-88-79(57-27-9-2-10-28-57)86-80(89-83)58-29-11-3-12-30-58)52-68(73)84-90-81(59-31-13-4-14-32-59)87-82(91-84)60-45-43-56(44-46-60)63-53-76-78-77(54-63)93(65-35-17-6-18-36-65)75-42-24-21-39-70(75)85(78)69-38-20-23-41-74(69)92(76)64-33-15-5-16-34-64/h1-54H. The molecule has 3 aromatic heterocycles. The van der Waals surface area contributed by atoms with Crippen LogP contribution in [0.5, 0.6) is 0 Å². The van der Waals surface area contributed by atoms with E-state index < -0.39 is 0 Å². The quantitative estimate of drug-likeness (QED) is 0.118. The lowest BCUT2D eigenvalue weighted by Gasteiger charge is -2.44. The van der Waals surface area contributed by atoms with Crippen molar-refractivity contribution in [3.05, 3.63) is 328 Å².